The minimum absolute atomic E-state index is 0.0753. The number of nitrogens with zero attached hydrogens (tertiary/aromatic N) is 1. The lowest BCUT2D eigenvalue weighted by molar-refractivity contribution is -0.116. The summed E-state index contributed by atoms with van der Waals surface area (Å²) in [5.74, 6) is -1.20. The average molecular weight is 586 g/mol. The number of hydrogen-bond acceptors (Lipinski definition) is 6. The second kappa shape index (κ2) is 11.0. The van der Waals surface area contributed by atoms with Crippen molar-refractivity contribution in [1.29, 1.82) is 0 Å². The topological polar surface area (TPSA) is 118 Å². The highest BCUT2D eigenvalue weighted by Gasteiger charge is 2.35. The first-order valence-corrected chi connectivity index (χ1v) is 14.1. The van der Waals surface area contributed by atoms with Crippen LogP contribution in [0, 0.1) is 0 Å². The van der Waals surface area contributed by atoms with Crippen LogP contribution in [0.2, 0.25) is 5.02 Å². The predicted octanol–water partition coefficient (Wildman–Crippen LogP) is 5.86. The van der Waals surface area contributed by atoms with E-state index in [9.17, 15) is 19.2 Å². The number of aromatic nitrogens is 1. The maximum absolute atomic E-state index is 13.4. The van der Waals surface area contributed by atoms with Crippen molar-refractivity contribution in [3.63, 3.8) is 0 Å². The molecule has 0 fully saturated rings. The van der Waals surface area contributed by atoms with Crippen molar-refractivity contribution in [3.8, 4) is 5.75 Å². The molecule has 1 aromatic heterocycles. The molecule has 1 unspecified atom stereocenters. The molecule has 0 saturated carbocycles. The van der Waals surface area contributed by atoms with E-state index in [-0.39, 0.29) is 36.6 Å². The number of nitrogens with one attached hydrogen (secondary N) is 2. The number of aryl methyl sites for hydroxylation is 1. The number of carbonyl (C=O) groups excluding carboxylic acids is 4. The third kappa shape index (κ3) is 4.79. The van der Waals surface area contributed by atoms with Crippen molar-refractivity contribution in [2.24, 2.45) is 0 Å². The van der Waals surface area contributed by atoms with Crippen LogP contribution in [0.25, 0.3) is 10.9 Å². The number of aromatic amines is 1. The monoisotopic (exact) mass is 585 g/mol. The molecular formula is C32H28ClN3O6. The fourth-order valence-corrected chi connectivity index (χ4v) is 6.23. The average Bonchev–Trinajstić information content (AvgIpc) is 3.48. The number of imide groups is 1. The molecule has 0 bridgehead atoms. The van der Waals surface area contributed by atoms with Gasteiger partial charge in [-0.3, -0.25) is 19.3 Å². The molecule has 1 atom stereocenters. The van der Waals surface area contributed by atoms with E-state index in [1.54, 1.807) is 48.5 Å². The summed E-state index contributed by atoms with van der Waals surface area (Å²) in [6.45, 7) is 2.26. The number of rotatable bonds is 8. The molecule has 2 heterocycles. The largest absolute Gasteiger partial charge is 0.492 e. The van der Waals surface area contributed by atoms with Gasteiger partial charge in [0.25, 0.3) is 11.8 Å². The molecule has 214 valence electrons. The summed E-state index contributed by atoms with van der Waals surface area (Å²) in [6, 6.07) is 15.6. The van der Waals surface area contributed by atoms with Crippen LogP contribution in [0.5, 0.6) is 5.75 Å². The van der Waals surface area contributed by atoms with E-state index < -0.39 is 5.97 Å². The molecule has 9 nitrogen and oxygen atoms in total. The zero-order valence-electron chi connectivity index (χ0n) is 23.1. The number of anilines is 1. The lowest BCUT2D eigenvalue weighted by atomic mass is 9.81. The van der Waals surface area contributed by atoms with Gasteiger partial charge in [-0.2, -0.15) is 0 Å². The van der Waals surface area contributed by atoms with Crippen molar-refractivity contribution < 1.29 is 28.7 Å². The molecule has 0 spiro atoms. The maximum Gasteiger partial charge on any atom is 0.354 e. The van der Waals surface area contributed by atoms with Crippen molar-refractivity contribution >= 4 is 51.9 Å². The van der Waals surface area contributed by atoms with E-state index in [4.69, 9.17) is 21.1 Å². The number of ether oxygens (including phenoxy) is 2. The molecule has 6 rings (SSSR count). The Morgan fingerprint density at radius 2 is 1.81 bits per heavy atom. The number of fused-ring (bicyclic) bond motifs is 1. The van der Waals surface area contributed by atoms with Crippen LogP contribution < -0.4 is 10.1 Å². The number of carbonyl (C=O) groups is 4. The molecule has 0 saturated heterocycles. The van der Waals surface area contributed by atoms with Gasteiger partial charge in [0.2, 0.25) is 5.91 Å². The smallest absolute Gasteiger partial charge is 0.354 e. The fourth-order valence-electron chi connectivity index (χ4n) is 5.99. The van der Waals surface area contributed by atoms with Gasteiger partial charge in [0.1, 0.15) is 11.4 Å². The van der Waals surface area contributed by atoms with Crippen LogP contribution >= 0.6 is 11.6 Å². The maximum atomic E-state index is 13.4. The van der Waals surface area contributed by atoms with Crippen LogP contribution in [0.1, 0.15) is 73.6 Å². The Morgan fingerprint density at radius 1 is 1.07 bits per heavy atom. The van der Waals surface area contributed by atoms with Gasteiger partial charge < -0.3 is 19.8 Å². The number of amides is 3. The van der Waals surface area contributed by atoms with Crippen molar-refractivity contribution in [2.45, 2.75) is 38.6 Å². The summed E-state index contributed by atoms with van der Waals surface area (Å²) in [6.07, 6.45) is 1.52. The van der Waals surface area contributed by atoms with Gasteiger partial charge in [-0.1, -0.05) is 29.8 Å². The van der Waals surface area contributed by atoms with Crippen molar-refractivity contribution in [3.05, 3.63) is 93.1 Å². The Kier molecular flexibility index (Phi) is 7.20. The van der Waals surface area contributed by atoms with E-state index in [0.29, 0.717) is 51.9 Å². The Labute approximate surface area is 246 Å². The van der Waals surface area contributed by atoms with E-state index in [1.807, 2.05) is 13.0 Å². The van der Waals surface area contributed by atoms with Gasteiger partial charge >= 0.3 is 5.97 Å². The third-order valence-corrected chi connectivity index (χ3v) is 8.03. The van der Waals surface area contributed by atoms with Crippen LogP contribution in [0.4, 0.5) is 5.69 Å². The van der Waals surface area contributed by atoms with Gasteiger partial charge in [0.15, 0.2) is 0 Å². The second-order valence-electron chi connectivity index (χ2n) is 10.4. The minimum atomic E-state index is -0.497. The zero-order valence-corrected chi connectivity index (χ0v) is 23.8. The number of hydrogen-bond donors (Lipinski definition) is 2. The van der Waals surface area contributed by atoms with Crippen LogP contribution in [0.3, 0.4) is 0 Å². The van der Waals surface area contributed by atoms with Gasteiger partial charge in [0.05, 0.1) is 37.1 Å². The van der Waals surface area contributed by atoms with Crippen LogP contribution in [-0.2, 0) is 22.5 Å². The first-order chi connectivity index (χ1) is 20.3. The summed E-state index contributed by atoms with van der Waals surface area (Å²) < 4.78 is 10.8. The van der Waals surface area contributed by atoms with Gasteiger partial charge in [-0.05, 0) is 78.8 Å². The minimum Gasteiger partial charge on any atom is -0.492 e. The van der Waals surface area contributed by atoms with Crippen LogP contribution in [-0.4, -0.2) is 47.3 Å². The molecule has 4 aromatic rings. The molecule has 2 N–H and O–H groups in total. The zero-order chi connectivity index (χ0) is 29.5. The number of methoxy groups -OCH3 is 1. The Bertz CT molecular complexity index is 1740. The normalized spacial score (nSPS) is 15.6. The quantitative estimate of drug-likeness (QED) is 0.197. The molecule has 10 heteroatoms. The van der Waals surface area contributed by atoms with Gasteiger partial charge in [0, 0.05) is 22.3 Å². The SMILES string of the molecule is CCOc1cc(CN2C(=O)c3ccccc3C2=O)ccc1NC(=O)CC1CCc2cc(Cl)cc3[nH]c(C(=O)OC)c1c23. The highest BCUT2D eigenvalue weighted by Crippen LogP contribution is 2.42. The Hall–Kier alpha value is -4.63. The Morgan fingerprint density at radius 3 is 2.50 bits per heavy atom. The molecule has 1 aliphatic carbocycles. The molecule has 42 heavy (non-hydrogen) atoms. The van der Waals surface area contributed by atoms with Crippen LogP contribution in [0.15, 0.2) is 54.6 Å². The third-order valence-electron chi connectivity index (χ3n) is 7.81. The summed E-state index contributed by atoms with van der Waals surface area (Å²) in [7, 11) is 1.33. The molecule has 3 amide bonds. The summed E-state index contributed by atoms with van der Waals surface area (Å²) >= 11 is 6.30. The van der Waals surface area contributed by atoms with E-state index in [2.05, 4.69) is 10.3 Å². The first kappa shape index (κ1) is 27.5. The number of halogens is 1. The summed E-state index contributed by atoms with van der Waals surface area (Å²) in [4.78, 5) is 56.0. The molecule has 3 aromatic carbocycles. The highest BCUT2D eigenvalue weighted by atomic mass is 35.5. The molecule has 0 radical (unpaired) electrons. The molecule has 2 aliphatic rings. The lowest BCUT2D eigenvalue weighted by Crippen LogP contribution is -2.29. The Balaban J connectivity index is 1.22. The standard InChI is InChI=1S/C32H28ClN3O6/c1-3-42-25-12-17(16-36-30(38)21-6-4-5-7-22(21)31(36)39)8-11-23(25)34-26(37)14-19-10-9-18-13-20(33)15-24-27(18)28(19)29(35-24)32(40)41-2/h4-8,11-13,15,19,35H,3,9-10,14,16H2,1-2H3,(H,34,37). The first-order valence-electron chi connectivity index (χ1n) is 13.7. The van der Waals surface area contributed by atoms with E-state index >= 15 is 0 Å². The number of esters is 1. The highest BCUT2D eigenvalue weighted by molar-refractivity contribution is 6.31. The number of benzene rings is 3. The van der Waals surface area contributed by atoms with E-state index in [0.717, 1.165) is 28.5 Å². The lowest BCUT2D eigenvalue weighted by Gasteiger charge is -2.24. The van der Waals surface area contributed by atoms with Crippen molar-refractivity contribution in [2.75, 3.05) is 19.0 Å². The van der Waals surface area contributed by atoms with Crippen molar-refractivity contribution in [1.82, 2.24) is 9.88 Å². The number of H-pyrrole nitrogens is 1. The predicted molar refractivity (Wildman–Crippen MR) is 157 cm³/mol. The molecular weight excluding hydrogens is 558 g/mol. The fraction of sp³-hybridized carbons (Fsp3) is 0.250. The molecule has 1 aliphatic heterocycles. The van der Waals surface area contributed by atoms with E-state index in [1.165, 1.54) is 12.0 Å². The summed E-state index contributed by atoms with van der Waals surface area (Å²) in [5, 5.41) is 4.45. The summed E-state index contributed by atoms with van der Waals surface area (Å²) in [5.41, 5.74) is 4.81. The van der Waals surface area contributed by atoms with Gasteiger partial charge in [-0.25, -0.2) is 4.79 Å². The van der Waals surface area contributed by atoms with Gasteiger partial charge in [-0.15, -0.1) is 0 Å². The second-order valence-corrected chi connectivity index (χ2v) is 10.8.